The zero-order chi connectivity index (χ0) is 10.4. The van der Waals surface area contributed by atoms with Gasteiger partial charge < -0.3 is 4.74 Å². The Labute approximate surface area is 79.8 Å². The van der Waals surface area contributed by atoms with Gasteiger partial charge in [0.05, 0.1) is 0 Å². The number of ether oxygens (including phenoxy) is 1. The molecule has 0 atom stereocenters. The standard InChI is InChI=1S/C10H8F2O2/c11-9-5-1-3-8(10(9)12)4-2-6-14-7-13/h1-5,7H,6H2. The second-order valence-corrected chi connectivity index (χ2v) is 2.47. The number of hydrogen-bond donors (Lipinski definition) is 0. The van der Waals surface area contributed by atoms with Crippen molar-refractivity contribution in [2.75, 3.05) is 6.61 Å². The average molecular weight is 198 g/mol. The minimum atomic E-state index is -0.908. The van der Waals surface area contributed by atoms with Crippen LogP contribution in [0.15, 0.2) is 24.3 Å². The van der Waals surface area contributed by atoms with Crippen molar-refractivity contribution in [2.45, 2.75) is 0 Å². The zero-order valence-corrected chi connectivity index (χ0v) is 7.24. The van der Waals surface area contributed by atoms with Crippen LogP contribution in [0.4, 0.5) is 8.78 Å². The van der Waals surface area contributed by atoms with Gasteiger partial charge in [0.2, 0.25) is 0 Å². The van der Waals surface area contributed by atoms with Gasteiger partial charge in [0.1, 0.15) is 6.61 Å². The van der Waals surface area contributed by atoms with E-state index in [1.54, 1.807) is 0 Å². The van der Waals surface area contributed by atoms with E-state index in [4.69, 9.17) is 0 Å². The minimum absolute atomic E-state index is 0.0411. The Balaban J connectivity index is 2.71. The third-order valence-corrected chi connectivity index (χ3v) is 1.54. The van der Waals surface area contributed by atoms with Crippen LogP contribution in [-0.4, -0.2) is 13.1 Å². The molecule has 0 spiro atoms. The maximum atomic E-state index is 13.0. The lowest BCUT2D eigenvalue weighted by atomic mass is 10.2. The molecule has 0 bridgehead atoms. The summed E-state index contributed by atoms with van der Waals surface area (Å²) in [7, 11) is 0. The molecule has 0 aliphatic heterocycles. The quantitative estimate of drug-likeness (QED) is 0.547. The average Bonchev–Trinajstić information content (AvgIpc) is 2.19. The van der Waals surface area contributed by atoms with Gasteiger partial charge in [0.15, 0.2) is 11.6 Å². The summed E-state index contributed by atoms with van der Waals surface area (Å²) in [5.74, 6) is -1.81. The molecule has 4 heteroatoms. The van der Waals surface area contributed by atoms with Crippen LogP contribution in [-0.2, 0) is 9.53 Å². The van der Waals surface area contributed by atoms with Gasteiger partial charge in [-0.05, 0) is 12.1 Å². The molecule has 1 rings (SSSR count). The lowest BCUT2D eigenvalue weighted by molar-refractivity contribution is -0.127. The lowest BCUT2D eigenvalue weighted by Gasteiger charge is -1.97. The molecule has 0 N–H and O–H groups in total. The number of hydrogen-bond acceptors (Lipinski definition) is 2. The summed E-state index contributed by atoms with van der Waals surface area (Å²) in [5.41, 5.74) is 0.125. The fourth-order valence-corrected chi connectivity index (χ4v) is 0.919. The summed E-state index contributed by atoms with van der Waals surface area (Å²) in [6.07, 6.45) is 2.77. The van der Waals surface area contributed by atoms with Crippen LogP contribution in [0.3, 0.4) is 0 Å². The Kier molecular flexibility index (Phi) is 3.79. The van der Waals surface area contributed by atoms with Crippen molar-refractivity contribution in [3.05, 3.63) is 41.5 Å². The molecule has 0 saturated heterocycles. The smallest absolute Gasteiger partial charge is 0.293 e. The summed E-state index contributed by atoms with van der Waals surface area (Å²) >= 11 is 0. The second-order valence-electron chi connectivity index (χ2n) is 2.47. The third-order valence-electron chi connectivity index (χ3n) is 1.54. The Bertz CT molecular complexity index is 348. The first-order valence-electron chi connectivity index (χ1n) is 3.91. The molecule has 0 unspecified atom stereocenters. The molecule has 0 saturated carbocycles. The normalized spacial score (nSPS) is 10.4. The molecule has 0 radical (unpaired) electrons. The van der Waals surface area contributed by atoms with Gasteiger partial charge in [-0.25, -0.2) is 8.78 Å². The molecular formula is C10H8F2O2. The molecule has 0 aliphatic rings. The van der Waals surface area contributed by atoms with Crippen molar-refractivity contribution < 1.29 is 18.3 Å². The molecule has 0 fully saturated rings. The topological polar surface area (TPSA) is 26.3 Å². The number of halogens is 2. The minimum Gasteiger partial charge on any atom is -0.464 e. The van der Waals surface area contributed by atoms with E-state index in [0.717, 1.165) is 6.07 Å². The largest absolute Gasteiger partial charge is 0.464 e. The zero-order valence-electron chi connectivity index (χ0n) is 7.24. The first-order chi connectivity index (χ1) is 6.75. The van der Waals surface area contributed by atoms with Crippen molar-refractivity contribution in [3.63, 3.8) is 0 Å². The van der Waals surface area contributed by atoms with Gasteiger partial charge in [-0.15, -0.1) is 0 Å². The van der Waals surface area contributed by atoms with Crippen LogP contribution in [0, 0.1) is 11.6 Å². The first-order valence-corrected chi connectivity index (χ1v) is 3.91. The predicted molar refractivity (Wildman–Crippen MR) is 47.4 cm³/mol. The molecule has 0 amide bonds. The van der Waals surface area contributed by atoms with Crippen molar-refractivity contribution >= 4 is 12.5 Å². The summed E-state index contributed by atoms with van der Waals surface area (Å²) in [6.45, 7) is 0.325. The lowest BCUT2D eigenvalue weighted by Crippen LogP contribution is -1.89. The van der Waals surface area contributed by atoms with Gasteiger partial charge in [0.25, 0.3) is 6.47 Å². The van der Waals surface area contributed by atoms with Crippen molar-refractivity contribution in [2.24, 2.45) is 0 Å². The van der Waals surface area contributed by atoms with Crippen LogP contribution in [0.5, 0.6) is 0 Å². The number of carbonyl (C=O) groups excluding carboxylic acids is 1. The van der Waals surface area contributed by atoms with Crippen LogP contribution in [0.25, 0.3) is 6.08 Å². The predicted octanol–water partition coefficient (Wildman–Crippen LogP) is 2.15. The highest BCUT2D eigenvalue weighted by atomic mass is 19.2. The fraction of sp³-hybridized carbons (Fsp3) is 0.100. The van der Waals surface area contributed by atoms with Gasteiger partial charge in [-0.2, -0.15) is 0 Å². The first kappa shape index (κ1) is 10.4. The monoisotopic (exact) mass is 198 g/mol. The molecule has 1 aromatic carbocycles. The number of carbonyl (C=O) groups is 1. The summed E-state index contributed by atoms with van der Waals surface area (Å²) in [6, 6.07) is 3.86. The second kappa shape index (κ2) is 5.11. The molecule has 74 valence electrons. The summed E-state index contributed by atoms with van der Waals surface area (Å²) in [4.78, 5) is 9.75. The van der Waals surface area contributed by atoms with Gasteiger partial charge in [-0.1, -0.05) is 18.2 Å². The van der Waals surface area contributed by atoms with E-state index < -0.39 is 11.6 Å². The van der Waals surface area contributed by atoms with Crippen molar-refractivity contribution in [1.29, 1.82) is 0 Å². The van der Waals surface area contributed by atoms with Gasteiger partial charge >= 0.3 is 0 Å². The Morgan fingerprint density at radius 3 is 2.86 bits per heavy atom. The van der Waals surface area contributed by atoms with E-state index in [0.29, 0.717) is 0 Å². The number of rotatable bonds is 4. The maximum absolute atomic E-state index is 13.0. The molecular weight excluding hydrogens is 190 g/mol. The summed E-state index contributed by atoms with van der Waals surface area (Å²) in [5, 5.41) is 0. The van der Waals surface area contributed by atoms with Gasteiger partial charge in [0, 0.05) is 5.56 Å². The van der Waals surface area contributed by atoms with E-state index in [1.165, 1.54) is 24.3 Å². The van der Waals surface area contributed by atoms with E-state index >= 15 is 0 Å². The van der Waals surface area contributed by atoms with E-state index in [9.17, 15) is 13.6 Å². The summed E-state index contributed by atoms with van der Waals surface area (Å²) < 4.78 is 30.0. The Morgan fingerprint density at radius 1 is 1.36 bits per heavy atom. The van der Waals surface area contributed by atoms with E-state index in [1.807, 2.05) is 0 Å². The molecule has 0 aromatic heterocycles. The van der Waals surface area contributed by atoms with Crippen LogP contribution >= 0.6 is 0 Å². The number of benzene rings is 1. The van der Waals surface area contributed by atoms with Crippen LogP contribution < -0.4 is 0 Å². The SMILES string of the molecule is O=COCC=Cc1cccc(F)c1F. The van der Waals surface area contributed by atoms with Crippen molar-refractivity contribution in [3.8, 4) is 0 Å². The molecule has 1 aromatic rings. The van der Waals surface area contributed by atoms with Crippen LogP contribution in [0.2, 0.25) is 0 Å². The Morgan fingerprint density at radius 2 is 2.14 bits per heavy atom. The van der Waals surface area contributed by atoms with E-state index in [2.05, 4.69) is 4.74 Å². The van der Waals surface area contributed by atoms with Gasteiger partial charge in [-0.3, -0.25) is 4.79 Å². The van der Waals surface area contributed by atoms with Crippen molar-refractivity contribution in [1.82, 2.24) is 0 Å². The Hall–Kier alpha value is -1.71. The highest BCUT2D eigenvalue weighted by Gasteiger charge is 2.03. The highest BCUT2D eigenvalue weighted by Crippen LogP contribution is 2.12. The third kappa shape index (κ3) is 2.65. The van der Waals surface area contributed by atoms with E-state index in [-0.39, 0.29) is 18.6 Å². The molecule has 0 heterocycles. The highest BCUT2D eigenvalue weighted by molar-refractivity contribution is 5.50. The molecule has 2 nitrogen and oxygen atoms in total. The molecule has 14 heavy (non-hydrogen) atoms. The van der Waals surface area contributed by atoms with Crippen LogP contribution in [0.1, 0.15) is 5.56 Å². The fourth-order valence-electron chi connectivity index (χ4n) is 0.919. The molecule has 0 aliphatic carbocycles. The maximum Gasteiger partial charge on any atom is 0.293 e.